The smallest absolute Gasteiger partial charge is 0.0423 e. The minimum atomic E-state index is 0.220. The van der Waals surface area contributed by atoms with Gasteiger partial charge in [0.15, 0.2) is 0 Å². The van der Waals surface area contributed by atoms with E-state index in [9.17, 15) is 0 Å². The molecule has 0 aliphatic rings. The number of nitrogens with one attached hydrogen (secondary N) is 1. The van der Waals surface area contributed by atoms with E-state index in [1.165, 1.54) is 5.56 Å². The van der Waals surface area contributed by atoms with Crippen LogP contribution in [0.2, 0.25) is 5.02 Å². The van der Waals surface area contributed by atoms with Gasteiger partial charge in [0.2, 0.25) is 0 Å². The Hall–Kier alpha value is -0.900. The number of benzene rings is 1. The zero-order valence-electron chi connectivity index (χ0n) is 10.0. The molecular weight excluding hydrogens is 312 g/mol. The normalized spacial score (nSPS) is 12.4. The van der Waals surface area contributed by atoms with Gasteiger partial charge in [-0.05, 0) is 52.8 Å². The molecule has 1 aromatic carbocycles. The Labute approximate surface area is 121 Å². The van der Waals surface area contributed by atoms with Crippen molar-refractivity contribution in [1.82, 2.24) is 10.3 Å². The van der Waals surface area contributed by atoms with Gasteiger partial charge >= 0.3 is 0 Å². The van der Waals surface area contributed by atoms with E-state index in [-0.39, 0.29) is 6.04 Å². The Bertz CT molecular complexity index is 513. The van der Waals surface area contributed by atoms with Crippen molar-refractivity contribution in [2.24, 2.45) is 0 Å². The van der Waals surface area contributed by atoms with Crippen molar-refractivity contribution < 1.29 is 0 Å². The van der Waals surface area contributed by atoms with Crippen LogP contribution in [0.25, 0.3) is 0 Å². The number of likely N-dealkylation sites (N-methyl/N-ethyl adjacent to an activating group) is 1. The Morgan fingerprint density at radius 3 is 2.78 bits per heavy atom. The lowest BCUT2D eigenvalue weighted by molar-refractivity contribution is 0.584. The quantitative estimate of drug-likeness (QED) is 0.919. The average molecular weight is 326 g/mol. The highest BCUT2D eigenvalue weighted by atomic mass is 79.9. The van der Waals surface area contributed by atoms with Crippen molar-refractivity contribution >= 4 is 27.5 Å². The van der Waals surface area contributed by atoms with Crippen LogP contribution in [0.1, 0.15) is 17.3 Å². The number of rotatable bonds is 4. The summed E-state index contributed by atoms with van der Waals surface area (Å²) >= 11 is 9.41. The SMILES string of the molecule is CNC(Cc1ccc(Br)cn1)c1cccc(Cl)c1. The molecule has 18 heavy (non-hydrogen) atoms. The number of halogens is 2. The van der Waals surface area contributed by atoms with Gasteiger partial charge in [0, 0.05) is 33.8 Å². The van der Waals surface area contributed by atoms with E-state index in [0.29, 0.717) is 0 Å². The number of aromatic nitrogens is 1. The van der Waals surface area contributed by atoms with Crippen molar-refractivity contribution in [2.75, 3.05) is 7.05 Å². The molecule has 0 aliphatic carbocycles. The summed E-state index contributed by atoms with van der Waals surface area (Å²) in [4.78, 5) is 4.39. The summed E-state index contributed by atoms with van der Waals surface area (Å²) in [6.45, 7) is 0. The number of hydrogen-bond donors (Lipinski definition) is 1. The van der Waals surface area contributed by atoms with Crippen LogP contribution in [-0.2, 0) is 6.42 Å². The fraction of sp³-hybridized carbons (Fsp3) is 0.214. The van der Waals surface area contributed by atoms with Crippen molar-refractivity contribution in [2.45, 2.75) is 12.5 Å². The highest BCUT2D eigenvalue weighted by Crippen LogP contribution is 2.21. The maximum absolute atomic E-state index is 6.02. The summed E-state index contributed by atoms with van der Waals surface area (Å²) in [5.74, 6) is 0. The van der Waals surface area contributed by atoms with E-state index in [4.69, 9.17) is 11.6 Å². The van der Waals surface area contributed by atoms with E-state index in [0.717, 1.165) is 21.6 Å². The molecule has 0 spiro atoms. The van der Waals surface area contributed by atoms with Crippen LogP contribution in [-0.4, -0.2) is 12.0 Å². The van der Waals surface area contributed by atoms with Gasteiger partial charge in [-0.3, -0.25) is 4.98 Å². The highest BCUT2D eigenvalue weighted by Gasteiger charge is 2.11. The molecule has 1 atom stereocenters. The summed E-state index contributed by atoms with van der Waals surface area (Å²) in [6.07, 6.45) is 2.66. The van der Waals surface area contributed by atoms with Crippen LogP contribution >= 0.6 is 27.5 Å². The predicted molar refractivity (Wildman–Crippen MR) is 78.9 cm³/mol. The molecule has 2 nitrogen and oxygen atoms in total. The summed E-state index contributed by atoms with van der Waals surface area (Å²) in [5.41, 5.74) is 2.23. The monoisotopic (exact) mass is 324 g/mol. The van der Waals surface area contributed by atoms with Crippen LogP contribution in [0.4, 0.5) is 0 Å². The Morgan fingerprint density at radius 2 is 2.17 bits per heavy atom. The van der Waals surface area contributed by atoms with Gasteiger partial charge in [-0.15, -0.1) is 0 Å². The third-order valence-corrected chi connectivity index (χ3v) is 3.51. The molecule has 4 heteroatoms. The van der Waals surface area contributed by atoms with E-state index in [2.05, 4.69) is 32.3 Å². The van der Waals surface area contributed by atoms with Gasteiger partial charge in [0.05, 0.1) is 0 Å². The average Bonchev–Trinajstić information content (AvgIpc) is 2.38. The minimum Gasteiger partial charge on any atom is -0.313 e. The third-order valence-electron chi connectivity index (χ3n) is 2.80. The van der Waals surface area contributed by atoms with Crippen LogP contribution in [0, 0.1) is 0 Å². The number of nitrogens with zero attached hydrogens (tertiary/aromatic N) is 1. The molecule has 2 rings (SSSR count). The highest BCUT2D eigenvalue weighted by molar-refractivity contribution is 9.10. The lowest BCUT2D eigenvalue weighted by Crippen LogP contribution is -2.19. The summed E-state index contributed by atoms with van der Waals surface area (Å²) in [7, 11) is 1.95. The summed E-state index contributed by atoms with van der Waals surface area (Å²) in [5, 5.41) is 4.06. The first kappa shape index (κ1) is 13.5. The molecule has 1 aromatic heterocycles. The molecule has 0 aliphatic heterocycles. The van der Waals surface area contributed by atoms with Crippen LogP contribution in [0.15, 0.2) is 47.1 Å². The molecule has 0 fully saturated rings. The maximum atomic E-state index is 6.02. The van der Waals surface area contributed by atoms with Crippen LogP contribution < -0.4 is 5.32 Å². The maximum Gasteiger partial charge on any atom is 0.0423 e. The molecule has 1 unspecified atom stereocenters. The molecule has 1 N–H and O–H groups in total. The van der Waals surface area contributed by atoms with Gasteiger partial charge in [0.25, 0.3) is 0 Å². The lowest BCUT2D eigenvalue weighted by atomic mass is 10.0. The fourth-order valence-electron chi connectivity index (χ4n) is 1.85. The lowest BCUT2D eigenvalue weighted by Gasteiger charge is -2.16. The van der Waals surface area contributed by atoms with E-state index >= 15 is 0 Å². The summed E-state index contributed by atoms with van der Waals surface area (Å²) < 4.78 is 0.995. The second-order valence-electron chi connectivity index (χ2n) is 4.07. The van der Waals surface area contributed by atoms with E-state index < -0.39 is 0 Å². The first-order valence-electron chi connectivity index (χ1n) is 5.72. The predicted octanol–water partition coefficient (Wildman–Crippen LogP) is 4.00. The van der Waals surface area contributed by atoms with Gasteiger partial charge in [-0.2, -0.15) is 0 Å². The van der Waals surface area contributed by atoms with Crippen molar-refractivity contribution in [3.05, 3.63) is 63.3 Å². The molecule has 0 amide bonds. The zero-order valence-corrected chi connectivity index (χ0v) is 12.4. The first-order chi connectivity index (χ1) is 8.69. The van der Waals surface area contributed by atoms with Gasteiger partial charge in [0.1, 0.15) is 0 Å². The first-order valence-corrected chi connectivity index (χ1v) is 6.89. The van der Waals surface area contributed by atoms with E-state index in [1.807, 2.05) is 43.6 Å². The Balaban J connectivity index is 2.17. The molecule has 1 heterocycles. The van der Waals surface area contributed by atoms with Gasteiger partial charge in [-0.25, -0.2) is 0 Å². The molecule has 0 saturated carbocycles. The van der Waals surface area contributed by atoms with Crippen LogP contribution in [0.3, 0.4) is 0 Å². The molecular formula is C14H14BrClN2. The van der Waals surface area contributed by atoms with Crippen LogP contribution in [0.5, 0.6) is 0 Å². The largest absolute Gasteiger partial charge is 0.313 e. The van der Waals surface area contributed by atoms with E-state index in [1.54, 1.807) is 0 Å². The fourth-order valence-corrected chi connectivity index (χ4v) is 2.28. The van der Waals surface area contributed by atoms with Gasteiger partial charge < -0.3 is 5.32 Å². The Morgan fingerprint density at radius 1 is 1.33 bits per heavy atom. The number of hydrogen-bond acceptors (Lipinski definition) is 2. The molecule has 94 valence electrons. The zero-order chi connectivity index (χ0) is 13.0. The second-order valence-corrected chi connectivity index (χ2v) is 5.42. The molecule has 2 aromatic rings. The standard InChI is InChI=1S/C14H14BrClN2/c1-17-14(10-3-2-4-12(16)7-10)8-13-6-5-11(15)9-18-13/h2-7,9,14,17H,8H2,1H3. The summed E-state index contributed by atoms with van der Waals surface area (Å²) in [6, 6.07) is 12.2. The molecule has 0 saturated heterocycles. The number of pyridine rings is 1. The third kappa shape index (κ3) is 3.55. The molecule has 0 bridgehead atoms. The van der Waals surface area contributed by atoms with Gasteiger partial charge in [-0.1, -0.05) is 23.7 Å². The van der Waals surface area contributed by atoms with Crippen molar-refractivity contribution in [1.29, 1.82) is 0 Å². The second kappa shape index (κ2) is 6.32. The Kier molecular flexibility index (Phi) is 4.75. The van der Waals surface area contributed by atoms with Crippen molar-refractivity contribution in [3.8, 4) is 0 Å². The van der Waals surface area contributed by atoms with Crippen molar-refractivity contribution in [3.63, 3.8) is 0 Å². The topological polar surface area (TPSA) is 24.9 Å². The minimum absolute atomic E-state index is 0.220. The molecule has 0 radical (unpaired) electrons.